The van der Waals surface area contributed by atoms with Crippen LogP contribution in [0.4, 0.5) is 15.2 Å². The van der Waals surface area contributed by atoms with E-state index in [1.54, 1.807) is 6.92 Å². The Morgan fingerprint density at radius 3 is 2.52 bits per heavy atom. The highest BCUT2D eigenvalue weighted by Gasteiger charge is 2.24. The lowest BCUT2D eigenvalue weighted by atomic mass is 10.2. The van der Waals surface area contributed by atoms with Gasteiger partial charge in [0.2, 0.25) is 10.9 Å². The summed E-state index contributed by atoms with van der Waals surface area (Å²) in [4.78, 5) is 9.35. The highest BCUT2D eigenvalue weighted by molar-refractivity contribution is 7.93. The van der Waals surface area contributed by atoms with E-state index in [9.17, 15) is 22.9 Å². The van der Waals surface area contributed by atoms with Crippen LogP contribution in [0.3, 0.4) is 0 Å². The van der Waals surface area contributed by atoms with Gasteiger partial charge in [-0.3, -0.25) is 14.8 Å². The van der Waals surface area contributed by atoms with E-state index in [-0.39, 0.29) is 10.7 Å². The Labute approximate surface area is 122 Å². The molecule has 0 spiro atoms. The Bertz CT molecular complexity index is 818. The lowest BCUT2D eigenvalue weighted by molar-refractivity contribution is -0.387. The van der Waals surface area contributed by atoms with Crippen LogP contribution in [0.1, 0.15) is 10.6 Å². The van der Waals surface area contributed by atoms with Gasteiger partial charge in [0.15, 0.2) is 0 Å². The quantitative estimate of drug-likeness (QED) is 0.676. The van der Waals surface area contributed by atoms with Crippen LogP contribution < -0.4 is 4.72 Å². The number of nitrogens with one attached hydrogen (secondary N) is 1. The summed E-state index contributed by atoms with van der Waals surface area (Å²) in [5.41, 5.74) is -1.04. The summed E-state index contributed by atoms with van der Waals surface area (Å²) < 4.78 is 40.0. The molecule has 21 heavy (non-hydrogen) atoms. The minimum Gasteiger partial charge on any atom is -0.258 e. The van der Waals surface area contributed by atoms with Crippen molar-refractivity contribution >= 4 is 32.2 Å². The van der Waals surface area contributed by atoms with Crippen molar-refractivity contribution in [2.24, 2.45) is 0 Å². The zero-order chi connectivity index (χ0) is 15.8. The summed E-state index contributed by atoms with van der Waals surface area (Å²) in [6.07, 6.45) is 0. The first-order chi connectivity index (χ1) is 9.70. The molecule has 0 saturated carbocycles. The topological polar surface area (TPSA) is 115 Å². The van der Waals surface area contributed by atoms with E-state index in [0.717, 1.165) is 17.4 Å². The predicted molar refractivity (Wildman–Crippen MR) is 73.2 cm³/mol. The molecule has 0 unspecified atom stereocenters. The van der Waals surface area contributed by atoms with E-state index < -0.39 is 31.3 Å². The van der Waals surface area contributed by atoms with Crippen LogP contribution in [0.2, 0.25) is 0 Å². The largest absolute Gasteiger partial charge is 0.306 e. The molecular weight excluding hydrogens is 323 g/mol. The number of nitrogens with zero attached hydrogens (tertiary/aromatic N) is 3. The molecule has 0 atom stereocenters. The van der Waals surface area contributed by atoms with Crippen molar-refractivity contribution in [2.75, 3.05) is 4.72 Å². The van der Waals surface area contributed by atoms with Crippen molar-refractivity contribution in [1.29, 1.82) is 0 Å². The van der Waals surface area contributed by atoms with E-state index in [1.165, 1.54) is 6.92 Å². The van der Waals surface area contributed by atoms with Crippen LogP contribution in [0.15, 0.2) is 17.0 Å². The molecule has 0 aliphatic rings. The van der Waals surface area contributed by atoms with Crippen LogP contribution in [0.25, 0.3) is 0 Å². The molecule has 0 bridgehead atoms. The van der Waals surface area contributed by atoms with Gasteiger partial charge in [0, 0.05) is 6.07 Å². The Balaban J connectivity index is 2.47. The van der Waals surface area contributed by atoms with Crippen molar-refractivity contribution in [3.05, 3.63) is 38.6 Å². The number of halogens is 1. The number of anilines is 1. The minimum atomic E-state index is -4.11. The van der Waals surface area contributed by atoms with Crippen LogP contribution in [-0.4, -0.2) is 23.5 Å². The summed E-state index contributed by atoms with van der Waals surface area (Å²) in [5, 5.41) is 18.6. The molecule has 0 saturated heterocycles. The minimum absolute atomic E-state index is 0.0251. The van der Waals surface area contributed by atoms with E-state index in [1.807, 2.05) is 0 Å². The van der Waals surface area contributed by atoms with E-state index >= 15 is 0 Å². The van der Waals surface area contributed by atoms with Crippen LogP contribution >= 0.6 is 11.3 Å². The molecule has 8 nitrogen and oxygen atoms in total. The molecule has 1 heterocycles. The smallest absolute Gasteiger partial charge is 0.258 e. The van der Waals surface area contributed by atoms with Crippen LogP contribution in [0.5, 0.6) is 0 Å². The van der Waals surface area contributed by atoms with E-state index in [0.29, 0.717) is 11.1 Å². The summed E-state index contributed by atoms with van der Waals surface area (Å²) in [7, 11) is -4.11. The maximum Gasteiger partial charge on any atom is 0.306 e. The summed E-state index contributed by atoms with van der Waals surface area (Å²) in [6, 6.07) is 1.68. The first-order valence-electron chi connectivity index (χ1n) is 5.48. The summed E-state index contributed by atoms with van der Waals surface area (Å²) in [5.74, 6) is -1.06. The van der Waals surface area contributed by atoms with Crippen LogP contribution in [-0.2, 0) is 10.0 Å². The lowest BCUT2D eigenvalue weighted by Gasteiger charge is -2.06. The third-order valence-corrected chi connectivity index (χ3v) is 4.67. The fourth-order valence-corrected chi connectivity index (χ4v) is 3.44. The van der Waals surface area contributed by atoms with Gasteiger partial charge < -0.3 is 0 Å². The zero-order valence-corrected chi connectivity index (χ0v) is 12.5. The maximum absolute atomic E-state index is 13.6. The van der Waals surface area contributed by atoms with Gasteiger partial charge >= 0.3 is 5.69 Å². The molecular formula is C10H9FN4O4S2. The molecule has 112 valence electrons. The van der Waals surface area contributed by atoms with Gasteiger partial charge in [-0.1, -0.05) is 11.3 Å². The average molecular weight is 332 g/mol. The number of nitro benzene ring substituents is 1. The third kappa shape index (κ3) is 3.13. The number of nitro groups is 1. The summed E-state index contributed by atoms with van der Waals surface area (Å²) in [6.45, 7) is 2.89. The second-order valence-corrected chi connectivity index (χ2v) is 6.93. The molecule has 11 heteroatoms. The summed E-state index contributed by atoms with van der Waals surface area (Å²) >= 11 is 1.01. The normalized spacial score (nSPS) is 11.4. The first-order valence-corrected chi connectivity index (χ1v) is 7.78. The fraction of sp³-hybridized carbons (Fsp3) is 0.200. The van der Waals surface area contributed by atoms with Crippen molar-refractivity contribution in [1.82, 2.24) is 10.2 Å². The average Bonchev–Trinajstić information content (AvgIpc) is 2.76. The Morgan fingerprint density at radius 2 is 2.00 bits per heavy atom. The fourth-order valence-electron chi connectivity index (χ4n) is 1.52. The number of rotatable bonds is 4. The number of aromatic nitrogens is 2. The highest BCUT2D eigenvalue weighted by atomic mass is 32.2. The van der Waals surface area contributed by atoms with E-state index in [2.05, 4.69) is 14.9 Å². The molecule has 1 aromatic heterocycles. The van der Waals surface area contributed by atoms with Gasteiger partial charge in [-0.15, -0.1) is 10.2 Å². The van der Waals surface area contributed by atoms with Gasteiger partial charge in [0.1, 0.15) is 5.01 Å². The van der Waals surface area contributed by atoms with Crippen LogP contribution in [0, 0.1) is 29.8 Å². The van der Waals surface area contributed by atoms with Gasteiger partial charge in [-0.05, 0) is 25.5 Å². The molecule has 2 rings (SSSR count). The number of hydrogen-bond acceptors (Lipinski definition) is 7. The Morgan fingerprint density at radius 1 is 1.33 bits per heavy atom. The van der Waals surface area contributed by atoms with Crippen molar-refractivity contribution in [3.8, 4) is 0 Å². The first kappa shape index (κ1) is 15.3. The van der Waals surface area contributed by atoms with Crippen molar-refractivity contribution < 1.29 is 17.7 Å². The van der Waals surface area contributed by atoms with Gasteiger partial charge in [0.05, 0.1) is 9.82 Å². The van der Waals surface area contributed by atoms with Gasteiger partial charge in [-0.2, -0.15) is 4.39 Å². The Hall–Kier alpha value is -2.14. The maximum atomic E-state index is 13.6. The van der Waals surface area contributed by atoms with Gasteiger partial charge in [-0.25, -0.2) is 8.42 Å². The number of benzene rings is 1. The molecule has 0 amide bonds. The molecule has 0 radical (unpaired) electrons. The third-order valence-electron chi connectivity index (χ3n) is 2.46. The van der Waals surface area contributed by atoms with Crippen molar-refractivity contribution in [3.63, 3.8) is 0 Å². The predicted octanol–water partition coefficient (Wildman–Crippen LogP) is 2.00. The lowest BCUT2D eigenvalue weighted by Crippen LogP contribution is -2.14. The van der Waals surface area contributed by atoms with Gasteiger partial charge in [0.25, 0.3) is 10.0 Å². The second-order valence-electron chi connectivity index (χ2n) is 4.06. The molecule has 0 aliphatic carbocycles. The molecule has 0 fully saturated rings. The monoisotopic (exact) mass is 332 g/mol. The molecule has 1 aromatic carbocycles. The SMILES string of the molecule is Cc1nnc(NS(=O)(=O)c2cc(C)c(F)c([N+](=O)[O-])c2)s1. The highest BCUT2D eigenvalue weighted by Crippen LogP contribution is 2.27. The number of hydrogen-bond donors (Lipinski definition) is 1. The zero-order valence-electron chi connectivity index (χ0n) is 10.8. The second kappa shape index (κ2) is 5.33. The van der Waals surface area contributed by atoms with E-state index in [4.69, 9.17) is 0 Å². The number of aryl methyl sites for hydroxylation is 2. The van der Waals surface area contributed by atoms with Crippen molar-refractivity contribution in [2.45, 2.75) is 18.7 Å². The number of sulfonamides is 1. The Kier molecular flexibility index (Phi) is 3.87. The molecule has 2 aromatic rings. The molecule has 0 aliphatic heterocycles. The molecule has 1 N–H and O–H groups in total. The standard InChI is InChI=1S/C10H9FN4O4S2/c1-5-3-7(4-8(9(5)11)15(16)17)21(18,19)14-10-13-12-6(2)20-10/h3-4H,1-2H3,(H,13,14).